The van der Waals surface area contributed by atoms with E-state index in [1.807, 2.05) is 0 Å². The number of hydrogen-bond acceptors (Lipinski definition) is 2. The Hall–Kier alpha value is -1.07. The molecule has 1 saturated carbocycles. The van der Waals surface area contributed by atoms with Crippen LogP contribution in [0, 0.1) is 23.4 Å². The zero-order chi connectivity index (χ0) is 12.4. The van der Waals surface area contributed by atoms with Gasteiger partial charge in [0, 0.05) is 17.7 Å². The summed E-state index contributed by atoms with van der Waals surface area (Å²) in [6.45, 7) is 0.137. The van der Waals surface area contributed by atoms with Gasteiger partial charge in [0.05, 0.1) is 19.3 Å². The molecule has 0 saturated heterocycles. The van der Waals surface area contributed by atoms with Gasteiger partial charge in [-0.1, -0.05) is 0 Å². The first-order valence-electron chi connectivity index (χ1n) is 5.45. The molecule has 94 valence electrons. The van der Waals surface area contributed by atoms with Crippen LogP contribution in [0.15, 0.2) is 12.1 Å². The molecule has 0 aliphatic heterocycles. The zero-order valence-corrected chi connectivity index (χ0v) is 9.13. The van der Waals surface area contributed by atoms with Crippen LogP contribution < -0.4 is 0 Å². The van der Waals surface area contributed by atoms with Crippen LogP contribution in [0.25, 0.3) is 0 Å². The third-order valence-corrected chi connectivity index (χ3v) is 2.92. The summed E-state index contributed by atoms with van der Waals surface area (Å²) < 4.78 is 44.2. The molecule has 2 rings (SSSR count). The molecule has 1 aromatic carbocycles. The van der Waals surface area contributed by atoms with E-state index in [2.05, 4.69) is 0 Å². The molecule has 2 nitrogen and oxygen atoms in total. The van der Waals surface area contributed by atoms with Gasteiger partial charge in [-0.15, -0.1) is 0 Å². The Labute approximate surface area is 97.0 Å². The highest BCUT2D eigenvalue weighted by Crippen LogP contribution is 2.27. The second-order valence-corrected chi connectivity index (χ2v) is 4.35. The van der Waals surface area contributed by atoms with Crippen molar-refractivity contribution >= 4 is 0 Å². The number of benzene rings is 1. The van der Waals surface area contributed by atoms with Gasteiger partial charge >= 0.3 is 0 Å². The van der Waals surface area contributed by atoms with E-state index in [0.29, 0.717) is 31.6 Å². The summed E-state index contributed by atoms with van der Waals surface area (Å²) in [5.41, 5.74) is -0.258. The molecule has 1 fully saturated rings. The lowest BCUT2D eigenvalue weighted by Crippen LogP contribution is -2.31. The van der Waals surface area contributed by atoms with Crippen molar-refractivity contribution in [3.05, 3.63) is 35.1 Å². The topological polar surface area (TPSA) is 29.5 Å². The summed E-state index contributed by atoms with van der Waals surface area (Å²) >= 11 is 0. The van der Waals surface area contributed by atoms with Gasteiger partial charge in [0.2, 0.25) is 0 Å². The normalized spacial score (nSPS) is 23.5. The summed E-state index contributed by atoms with van der Waals surface area (Å²) in [6, 6.07) is 1.27. The van der Waals surface area contributed by atoms with Gasteiger partial charge in [0.1, 0.15) is 17.5 Å². The molecule has 5 heteroatoms. The number of hydrogen-bond donors (Lipinski definition) is 1. The minimum atomic E-state index is -0.939. The van der Waals surface area contributed by atoms with Crippen molar-refractivity contribution in [1.82, 2.24) is 0 Å². The number of halogens is 3. The van der Waals surface area contributed by atoms with Gasteiger partial charge in [0.15, 0.2) is 0 Å². The fourth-order valence-electron chi connectivity index (χ4n) is 1.87. The van der Waals surface area contributed by atoms with Crippen molar-refractivity contribution < 1.29 is 23.0 Å². The summed E-state index contributed by atoms with van der Waals surface area (Å²) in [5.74, 6) is -2.56. The van der Waals surface area contributed by atoms with Crippen LogP contribution >= 0.6 is 0 Å². The molecule has 1 aliphatic rings. The summed E-state index contributed by atoms with van der Waals surface area (Å²) in [4.78, 5) is 0. The smallest absolute Gasteiger partial charge is 0.134 e. The number of ether oxygens (including phenoxy) is 1. The van der Waals surface area contributed by atoms with Gasteiger partial charge in [-0.2, -0.15) is 0 Å². The number of rotatable bonds is 4. The Bertz CT molecular complexity index is 380. The first-order chi connectivity index (χ1) is 8.06. The molecule has 0 aromatic heterocycles. The van der Waals surface area contributed by atoms with Crippen LogP contribution in [0.2, 0.25) is 0 Å². The lowest BCUT2D eigenvalue weighted by Gasteiger charge is -2.30. The van der Waals surface area contributed by atoms with Crippen molar-refractivity contribution in [3.8, 4) is 0 Å². The lowest BCUT2D eigenvalue weighted by molar-refractivity contribution is -0.0156. The predicted octanol–water partition coefficient (Wildman–Crippen LogP) is 2.39. The molecule has 0 amide bonds. The van der Waals surface area contributed by atoms with Gasteiger partial charge in [0.25, 0.3) is 0 Å². The van der Waals surface area contributed by atoms with E-state index < -0.39 is 17.5 Å². The largest absolute Gasteiger partial charge is 0.393 e. The minimum Gasteiger partial charge on any atom is -0.393 e. The fourth-order valence-corrected chi connectivity index (χ4v) is 1.87. The van der Waals surface area contributed by atoms with Crippen LogP contribution in [0.1, 0.15) is 18.4 Å². The van der Waals surface area contributed by atoms with E-state index in [1.54, 1.807) is 0 Å². The number of aliphatic hydroxyl groups is 1. The van der Waals surface area contributed by atoms with Crippen molar-refractivity contribution in [2.45, 2.75) is 25.6 Å². The lowest BCUT2D eigenvalue weighted by atomic mass is 9.83. The highest BCUT2D eigenvalue weighted by atomic mass is 19.1. The second-order valence-electron chi connectivity index (χ2n) is 4.35. The summed E-state index contributed by atoms with van der Waals surface area (Å²) in [5, 5.41) is 9.04. The Balaban J connectivity index is 1.86. The molecule has 0 heterocycles. The van der Waals surface area contributed by atoms with E-state index in [9.17, 15) is 13.2 Å². The third-order valence-electron chi connectivity index (χ3n) is 2.92. The molecular weight excluding hydrogens is 233 g/mol. The second kappa shape index (κ2) is 5.06. The van der Waals surface area contributed by atoms with Crippen molar-refractivity contribution in [2.75, 3.05) is 6.61 Å². The van der Waals surface area contributed by atoms with E-state index in [1.165, 1.54) is 0 Å². The Morgan fingerprint density at radius 1 is 1.18 bits per heavy atom. The van der Waals surface area contributed by atoms with Crippen molar-refractivity contribution in [3.63, 3.8) is 0 Å². The van der Waals surface area contributed by atoms with Crippen LogP contribution in [0.4, 0.5) is 13.2 Å². The maximum absolute atomic E-state index is 13.2. The van der Waals surface area contributed by atoms with E-state index in [4.69, 9.17) is 9.84 Å². The van der Waals surface area contributed by atoms with Gasteiger partial charge in [-0.05, 0) is 18.8 Å². The monoisotopic (exact) mass is 246 g/mol. The zero-order valence-electron chi connectivity index (χ0n) is 9.13. The van der Waals surface area contributed by atoms with Crippen LogP contribution in [-0.2, 0) is 11.3 Å². The molecular formula is C12H13F3O2. The molecule has 0 spiro atoms. The molecule has 0 atom stereocenters. The molecule has 0 radical (unpaired) electrons. The quantitative estimate of drug-likeness (QED) is 0.883. The summed E-state index contributed by atoms with van der Waals surface area (Å²) in [6.07, 6.45) is 1.05. The minimum absolute atomic E-state index is 0.218. The Kier molecular flexibility index (Phi) is 3.69. The van der Waals surface area contributed by atoms with Crippen molar-refractivity contribution in [2.24, 2.45) is 5.92 Å². The fraction of sp³-hybridized carbons (Fsp3) is 0.500. The molecule has 0 unspecified atom stereocenters. The average molecular weight is 246 g/mol. The Morgan fingerprint density at radius 2 is 1.76 bits per heavy atom. The van der Waals surface area contributed by atoms with E-state index in [-0.39, 0.29) is 24.2 Å². The maximum atomic E-state index is 13.2. The number of aliphatic hydroxyl groups excluding tert-OH is 1. The highest BCUT2D eigenvalue weighted by Gasteiger charge is 2.27. The molecule has 1 aromatic rings. The molecule has 17 heavy (non-hydrogen) atoms. The van der Waals surface area contributed by atoms with Crippen molar-refractivity contribution in [1.29, 1.82) is 0 Å². The van der Waals surface area contributed by atoms with Crippen LogP contribution in [-0.4, -0.2) is 17.8 Å². The molecule has 1 aliphatic carbocycles. The average Bonchev–Trinajstić information content (AvgIpc) is 2.18. The maximum Gasteiger partial charge on any atom is 0.134 e. The SMILES string of the molecule is OC1CC(COCc2c(F)cc(F)cc2F)C1. The van der Waals surface area contributed by atoms with Crippen LogP contribution in [0.3, 0.4) is 0 Å². The standard InChI is InChI=1S/C12H13F3O2/c13-8-3-11(14)10(12(15)4-8)6-17-5-7-1-9(16)2-7/h3-4,7,9,16H,1-2,5-6H2. The van der Waals surface area contributed by atoms with Gasteiger partial charge in [-0.25, -0.2) is 13.2 Å². The highest BCUT2D eigenvalue weighted by molar-refractivity contribution is 5.20. The molecule has 0 bridgehead atoms. The third kappa shape index (κ3) is 2.98. The Morgan fingerprint density at radius 3 is 2.29 bits per heavy atom. The van der Waals surface area contributed by atoms with E-state index in [0.717, 1.165) is 0 Å². The first-order valence-corrected chi connectivity index (χ1v) is 5.45. The van der Waals surface area contributed by atoms with Gasteiger partial charge < -0.3 is 9.84 Å². The first kappa shape index (κ1) is 12.4. The van der Waals surface area contributed by atoms with Gasteiger partial charge in [-0.3, -0.25) is 0 Å². The van der Waals surface area contributed by atoms with E-state index >= 15 is 0 Å². The predicted molar refractivity (Wildman–Crippen MR) is 54.7 cm³/mol. The van der Waals surface area contributed by atoms with Crippen LogP contribution in [0.5, 0.6) is 0 Å². The summed E-state index contributed by atoms with van der Waals surface area (Å²) in [7, 11) is 0. The molecule has 1 N–H and O–H groups in total.